The highest BCUT2D eigenvalue weighted by Crippen LogP contribution is 2.61. The molecule has 4 bridgehead atoms. The van der Waals surface area contributed by atoms with Gasteiger partial charge in [-0.25, -0.2) is 0 Å². The Morgan fingerprint density at radius 3 is 2.47 bits per heavy atom. The largest absolute Gasteiger partial charge is 0.324 e. The first-order valence-corrected chi connectivity index (χ1v) is 12.5. The van der Waals surface area contributed by atoms with E-state index in [0.29, 0.717) is 21.9 Å². The second kappa shape index (κ2) is 8.19. The zero-order chi connectivity index (χ0) is 20.7. The molecule has 1 amide bonds. The molecule has 5 nitrogen and oxygen atoms in total. The molecule has 4 aliphatic carbocycles. The molecule has 4 aliphatic rings. The Morgan fingerprint density at radius 1 is 1.17 bits per heavy atom. The van der Waals surface area contributed by atoms with Crippen LogP contribution >= 0.6 is 23.4 Å². The van der Waals surface area contributed by atoms with Gasteiger partial charge in [0.2, 0.25) is 5.91 Å². The molecular formula is C23H29ClN4OS. The summed E-state index contributed by atoms with van der Waals surface area (Å²) in [7, 11) is 0. The van der Waals surface area contributed by atoms with Gasteiger partial charge in [-0.15, -0.1) is 10.2 Å². The lowest BCUT2D eigenvalue weighted by Crippen LogP contribution is -2.47. The van der Waals surface area contributed by atoms with Crippen molar-refractivity contribution in [3.05, 3.63) is 35.1 Å². The van der Waals surface area contributed by atoms with Gasteiger partial charge in [0.25, 0.3) is 0 Å². The number of carbonyl (C=O) groups is 1. The molecule has 0 saturated heterocycles. The van der Waals surface area contributed by atoms with Crippen molar-refractivity contribution in [2.24, 2.45) is 23.2 Å². The lowest BCUT2D eigenvalue weighted by molar-refractivity contribution is -0.113. The fourth-order valence-corrected chi connectivity index (χ4v) is 7.60. The monoisotopic (exact) mass is 444 g/mol. The van der Waals surface area contributed by atoms with Gasteiger partial charge in [-0.3, -0.25) is 4.79 Å². The number of hydrogen-bond acceptors (Lipinski definition) is 4. The maximum Gasteiger partial charge on any atom is 0.234 e. The average Bonchev–Trinajstić information content (AvgIpc) is 3.08. The van der Waals surface area contributed by atoms with Crippen LogP contribution in [0.15, 0.2) is 29.4 Å². The molecule has 4 saturated carbocycles. The summed E-state index contributed by atoms with van der Waals surface area (Å²) in [6.07, 6.45) is 9.54. The van der Waals surface area contributed by atoms with Crippen molar-refractivity contribution in [2.75, 3.05) is 11.1 Å². The van der Waals surface area contributed by atoms with Crippen LogP contribution in [0, 0.1) is 23.2 Å². The first kappa shape index (κ1) is 20.4. The van der Waals surface area contributed by atoms with Gasteiger partial charge in [0.05, 0.1) is 16.5 Å². The number of nitrogens with one attached hydrogen (secondary N) is 1. The first-order chi connectivity index (χ1) is 14.5. The molecule has 0 atom stereocenters. The van der Waals surface area contributed by atoms with E-state index in [1.54, 1.807) is 6.07 Å². The lowest BCUT2D eigenvalue weighted by Gasteiger charge is -2.56. The number of benzene rings is 1. The Morgan fingerprint density at radius 2 is 1.83 bits per heavy atom. The smallest absolute Gasteiger partial charge is 0.234 e. The topological polar surface area (TPSA) is 59.8 Å². The molecule has 0 unspecified atom stereocenters. The zero-order valence-electron chi connectivity index (χ0n) is 17.4. The van der Waals surface area contributed by atoms with E-state index >= 15 is 0 Å². The fourth-order valence-electron chi connectivity index (χ4n) is 6.60. The number of carbonyl (C=O) groups excluding carboxylic acids is 1. The van der Waals surface area contributed by atoms with Gasteiger partial charge < -0.3 is 9.88 Å². The van der Waals surface area contributed by atoms with Gasteiger partial charge in [-0.1, -0.05) is 35.5 Å². The minimum Gasteiger partial charge on any atom is -0.324 e. The number of anilines is 1. The summed E-state index contributed by atoms with van der Waals surface area (Å²) in [5.41, 5.74) is 1.09. The summed E-state index contributed by atoms with van der Waals surface area (Å²) < 4.78 is 2.21. The van der Waals surface area contributed by atoms with E-state index in [1.165, 1.54) is 50.3 Å². The molecule has 1 aromatic carbocycles. The van der Waals surface area contributed by atoms with Gasteiger partial charge in [0.1, 0.15) is 5.82 Å². The van der Waals surface area contributed by atoms with Crippen LogP contribution in [0.1, 0.15) is 51.3 Å². The zero-order valence-corrected chi connectivity index (χ0v) is 19.0. The molecule has 160 valence electrons. The third-order valence-electron chi connectivity index (χ3n) is 7.29. The van der Waals surface area contributed by atoms with Crippen molar-refractivity contribution in [3.8, 4) is 0 Å². The number of rotatable bonds is 7. The third kappa shape index (κ3) is 4.01. The van der Waals surface area contributed by atoms with Crippen molar-refractivity contribution < 1.29 is 4.79 Å². The molecule has 2 aromatic rings. The van der Waals surface area contributed by atoms with E-state index in [-0.39, 0.29) is 5.91 Å². The molecule has 1 heterocycles. The summed E-state index contributed by atoms with van der Waals surface area (Å²) in [6, 6.07) is 7.29. The molecule has 7 heteroatoms. The van der Waals surface area contributed by atoms with Crippen molar-refractivity contribution in [1.29, 1.82) is 0 Å². The second-order valence-corrected chi connectivity index (χ2v) is 10.9. The number of amides is 1. The first-order valence-electron chi connectivity index (χ1n) is 11.1. The van der Waals surface area contributed by atoms with E-state index in [9.17, 15) is 4.79 Å². The van der Waals surface area contributed by atoms with Gasteiger partial charge in [0.15, 0.2) is 5.16 Å². The van der Waals surface area contributed by atoms with Crippen LogP contribution in [-0.4, -0.2) is 26.4 Å². The predicted octanol–water partition coefficient (Wildman–Crippen LogP) is 5.44. The Balaban J connectivity index is 1.24. The van der Waals surface area contributed by atoms with E-state index < -0.39 is 0 Å². The summed E-state index contributed by atoms with van der Waals surface area (Å²) in [4.78, 5) is 12.4. The van der Waals surface area contributed by atoms with Crippen molar-refractivity contribution in [2.45, 2.75) is 63.6 Å². The molecule has 0 aliphatic heterocycles. The normalized spacial score (nSPS) is 29.3. The third-order valence-corrected chi connectivity index (χ3v) is 8.58. The fraction of sp³-hybridized carbons (Fsp3) is 0.609. The SMILES string of the molecule is CCn1c(CC23CC4CC(CC(C4)C2)C3)nnc1SCC(=O)Nc1ccccc1Cl. The lowest BCUT2D eigenvalue weighted by atomic mass is 9.49. The van der Waals surface area contributed by atoms with Crippen LogP contribution in [0.2, 0.25) is 5.02 Å². The summed E-state index contributed by atoms with van der Waals surface area (Å²) >= 11 is 7.59. The Bertz CT molecular complexity index is 908. The quantitative estimate of drug-likeness (QED) is 0.577. The average molecular weight is 445 g/mol. The van der Waals surface area contributed by atoms with Crippen LogP contribution in [0.4, 0.5) is 5.69 Å². The van der Waals surface area contributed by atoms with Crippen LogP contribution in [0.5, 0.6) is 0 Å². The standard InChI is InChI=1S/C23H29ClN4OS/c1-2-28-20(13-23-10-15-7-16(11-23)9-17(8-15)12-23)26-27-22(28)30-14-21(29)25-19-6-4-3-5-18(19)24/h3-6,15-17H,2,7-14H2,1H3,(H,25,29). The Hall–Kier alpha value is -1.53. The van der Waals surface area contributed by atoms with Gasteiger partial charge in [0, 0.05) is 13.0 Å². The number of nitrogens with zero attached hydrogens (tertiary/aromatic N) is 3. The Labute approximate surface area is 187 Å². The molecule has 6 rings (SSSR count). The van der Waals surface area contributed by atoms with Crippen LogP contribution < -0.4 is 5.32 Å². The van der Waals surface area contributed by atoms with Crippen LogP contribution in [-0.2, 0) is 17.8 Å². The molecule has 4 fully saturated rings. The highest BCUT2D eigenvalue weighted by Gasteiger charge is 2.51. The van der Waals surface area contributed by atoms with E-state index in [0.717, 1.165) is 41.7 Å². The molecule has 30 heavy (non-hydrogen) atoms. The van der Waals surface area contributed by atoms with E-state index in [2.05, 4.69) is 27.0 Å². The van der Waals surface area contributed by atoms with E-state index in [1.807, 2.05) is 18.2 Å². The number of para-hydroxylation sites is 1. The van der Waals surface area contributed by atoms with Crippen LogP contribution in [0.25, 0.3) is 0 Å². The molecule has 1 aromatic heterocycles. The highest BCUT2D eigenvalue weighted by atomic mass is 35.5. The maximum atomic E-state index is 12.4. The summed E-state index contributed by atoms with van der Waals surface area (Å²) in [5.74, 6) is 4.14. The highest BCUT2D eigenvalue weighted by molar-refractivity contribution is 7.99. The van der Waals surface area contributed by atoms with E-state index in [4.69, 9.17) is 11.6 Å². The second-order valence-electron chi connectivity index (χ2n) is 9.55. The molecule has 0 radical (unpaired) electrons. The van der Waals surface area contributed by atoms with Gasteiger partial charge in [-0.2, -0.15) is 0 Å². The van der Waals surface area contributed by atoms with Crippen molar-refractivity contribution >= 4 is 35.0 Å². The summed E-state index contributed by atoms with van der Waals surface area (Å²) in [6.45, 7) is 2.98. The van der Waals surface area contributed by atoms with Gasteiger partial charge >= 0.3 is 0 Å². The number of halogens is 1. The maximum absolute atomic E-state index is 12.4. The minimum atomic E-state index is -0.0820. The molecule has 0 spiro atoms. The molecular weight excluding hydrogens is 416 g/mol. The van der Waals surface area contributed by atoms with Crippen molar-refractivity contribution in [1.82, 2.24) is 14.8 Å². The number of thioether (sulfide) groups is 1. The Kier molecular flexibility index (Phi) is 5.56. The summed E-state index contributed by atoms with van der Waals surface area (Å²) in [5, 5.41) is 13.3. The van der Waals surface area contributed by atoms with Crippen molar-refractivity contribution in [3.63, 3.8) is 0 Å². The van der Waals surface area contributed by atoms with Crippen LogP contribution in [0.3, 0.4) is 0 Å². The molecule has 1 N–H and O–H groups in total. The number of aromatic nitrogens is 3. The van der Waals surface area contributed by atoms with Gasteiger partial charge in [-0.05, 0) is 80.8 Å². The number of hydrogen-bond donors (Lipinski definition) is 1. The minimum absolute atomic E-state index is 0.0820. The predicted molar refractivity (Wildman–Crippen MR) is 121 cm³/mol.